The maximum atomic E-state index is 12.9. The van der Waals surface area contributed by atoms with Gasteiger partial charge in [0.05, 0.1) is 11.5 Å². The van der Waals surface area contributed by atoms with Crippen molar-refractivity contribution in [2.24, 2.45) is 10.8 Å². The first-order valence-corrected chi connectivity index (χ1v) is 7.93. The highest BCUT2D eigenvalue weighted by Crippen LogP contribution is 2.51. The number of nitrogens with zero attached hydrogens (tertiary/aromatic N) is 1. The summed E-state index contributed by atoms with van der Waals surface area (Å²) in [4.78, 5) is 26.8. The number of hydrogen-bond acceptors (Lipinski definition) is 3. The number of imide groups is 1. The predicted octanol–water partition coefficient (Wildman–Crippen LogP) is 2.25. The predicted molar refractivity (Wildman–Crippen MR) is 74.8 cm³/mol. The van der Waals surface area contributed by atoms with Crippen molar-refractivity contribution in [2.75, 3.05) is 0 Å². The van der Waals surface area contributed by atoms with Crippen LogP contribution in [0.15, 0.2) is 0 Å². The van der Waals surface area contributed by atoms with E-state index in [9.17, 15) is 14.7 Å². The van der Waals surface area contributed by atoms with Gasteiger partial charge in [-0.3, -0.25) is 14.5 Å². The molecule has 1 N–H and O–H groups in total. The van der Waals surface area contributed by atoms with E-state index in [-0.39, 0.29) is 23.3 Å². The van der Waals surface area contributed by atoms with E-state index in [4.69, 9.17) is 0 Å². The van der Waals surface area contributed by atoms with E-state index in [1.807, 2.05) is 13.8 Å². The zero-order chi connectivity index (χ0) is 14.5. The van der Waals surface area contributed by atoms with Crippen LogP contribution in [0.5, 0.6) is 0 Å². The van der Waals surface area contributed by atoms with Crippen LogP contribution < -0.4 is 0 Å². The highest BCUT2D eigenvalue weighted by atomic mass is 16.3. The summed E-state index contributed by atoms with van der Waals surface area (Å²) in [7, 11) is 0. The smallest absolute Gasteiger partial charge is 0.236 e. The molecular weight excluding hydrogens is 254 g/mol. The molecule has 0 radical (unpaired) electrons. The molecule has 1 aliphatic heterocycles. The minimum atomic E-state index is -0.412. The summed E-state index contributed by atoms with van der Waals surface area (Å²) >= 11 is 0. The van der Waals surface area contributed by atoms with E-state index in [1.54, 1.807) is 0 Å². The molecule has 1 spiro atoms. The largest absolute Gasteiger partial charge is 0.392 e. The van der Waals surface area contributed by atoms with Gasteiger partial charge in [0.1, 0.15) is 0 Å². The zero-order valence-electron chi connectivity index (χ0n) is 12.5. The summed E-state index contributed by atoms with van der Waals surface area (Å²) in [6.45, 7) is 3.90. The Morgan fingerprint density at radius 1 is 1.10 bits per heavy atom. The van der Waals surface area contributed by atoms with Crippen molar-refractivity contribution in [1.82, 2.24) is 4.90 Å². The molecule has 3 fully saturated rings. The average molecular weight is 279 g/mol. The van der Waals surface area contributed by atoms with Crippen LogP contribution in [0.3, 0.4) is 0 Å². The zero-order valence-corrected chi connectivity index (χ0v) is 12.5. The first-order chi connectivity index (χ1) is 9.38. The average Bonchev–Trinajstić information content (AvgIpc) is 2.59. The van der Waals surface area contributed by atoms with Crippen molar-refractivity contribution < 1.29 is 14.7 Å². The van der Waals surface area contributed by atoms with Crippen LogP contribution in [0.4, 0.5) is 0 Å². The molecule has 2 saturated carbocycles. The second-order valence-electron chi connectivity index (χ2n) is 7.53. The fourth-order valence-electron chi connectivity index (χ4n) is 4.25. The molecule has 112 valence electrons. The summed E-state index contributed by atoms with van der Waals surface area (Å²) < 4.78 is 0. The Morgan fingerprint density at radius 3 is 2.20 bits per heavy atom. The molecule has 3 rings (SSSR count). The monoisotopic (exact) mass is 279 g/mol. The van der Waals surface area contributed by atoms with E-state index in [1.165, 1.54) is 17.7 Å². The van der Waals surface area contributed by atoms with Gasteiger partial charge in [-0.25, -0.2) is 0 Å². The van der Waals surface area contributed by atoms with Gasteiger partial charge in [-0.1, -0.05) is 39.5 Å². The van der Waals surface area contributed by atoms with Crippen LogP contribution in [0, 0.1) is 10.8 Å². The Labute approximate surface area is 120 Å². The standard InChI is InChI=1S/C16H25NO3/c1-15(2)11(9-12(15)18)17-13(19)10-16(14(17)20)7-5-3-4-6-8-16/h11-12,18H,3-10H2,1-2H3. The lowest BCUT2D eigenvalue weighted by Gasteiger charge is -2.52. The molecule has 3 aliphatic rings. The molecular formula is C16H25NO3. The first-order valence-electron chi connectivity index (χ1n) is 7.93. The number of carbonyl (C=O) groups excluding carboxylic acids is 2. The molecule has 1 saturated heterocycles. The molecule has 20 heavy (non-hydrogen) atoms. The minimum Gasteiger partial charge on any atom is -0.392 e. The van der Waals surface area contributed by atoms with Crippen molar-refractivity contribution in [3.05, 3.63) is 0 Å². The van der Waals surface area contributed by atoms with Crippen molar-refractivity contribution in [2.45, 2.75) is 77.4 Å². The topological polar surface area (TPSA) is 57.6 Å². The molecule has 2 aliphatic carbocycles. The van der Waals surface area contributed by atoms with E-state index in [2.05, 4.69) is 0 Å². The normalized spacial score (nSPS) is 36.0. The molecule has 2 atom stereocenters. The van der Waals surface area contributed by atoms with Gasteiger partial charge < -0.3 is 5.11 Å². The van der Waals surface area contributed by atoms with Gasteiger partial charge in [-0.05, 0) is 19.3 Å². The number of carbonyl (C=O) groups is 2. The molecule has 0 aromatic heterocycles. The molecule has 2 unspecified atom stereocenters. The lowest BCUT2D eigenvalue weighted by molar-refractivity contribution is -0.164. The van der Waals surface area contributed by atoms with Gasteiger partial charge in [0.25, 0.3) is 0 Å². The van der Waals surface area contributed by atoms with Crippen LogP contribution in [0.25, 0.3) is 0 Å². The summed E-state index contributed by atoms with van der Waals surface area (Å²) in [5.41, 5.74) is -0.772. The van der Waals surface area contributed by atoms with E-state index in [0.29, 0.717) is 12.8 Å². The molecule has 0 aromatic rings. The van der Waals surface area contributed by atoms with Crippen LogP contribution >= 0.6 is 0 Å². The molecule has 0 aromatic carbocycles. The highest BCUT2D eigenvalue weighted by molar-refractivity contribution is 6.06. The van der Waals surface area contributed by atoms with E-state index in [0.717, 1.165) is 25.7 Å². The maximum absolute atomic E-state index is 12.9. The Hall–Kier alpha value is -0.900. The van der Waals surface area contributed by atoms with Gasteiger partial charge >= 0.3 is 0 Å². The van der Waals surface area contributed by atoms with E-state index < -0.39 is 11.5 Å². The summed E-state index contributed by atoms with van der Waals surface area (Å²) in [5, 5.41) is 9.88. The fourth-order valence-corrected chi connectivity index (χ4v) is 4.25. The van der Waals surface area contributed by atoms with Crippen molar-refractivity contribution >= 4 is 11.8 Å². The minimum absolute atomic E-state index is 0.0122. The Balaban J connectivity index is 1.84. The van der Waals surface area contributed by atoms with Crippen LogP contribution in [-0.4, -0.2) is 34.0 Å². The lowest BCUT2D eigenvalue weighted by atomic mass is 9.64. The third-order valence-electron chi connectivity index (χ3n) is 5.97. The van der Waals surface area contributed by atoms with Crippen molar-refractivity contribution in [3.8, 4) is 0 Å². The number of aliphatic hydroxyl groups is 1. The van der Waals surface area contributed by atoms with E-state index >= 15 is 0 Å². The number of amides is 2. The Kier molecular flexibility index (Phi) is 3.20. The van der Waals surface area contributed by atoms with Gasteiger partial charge in [0, 0.05) is 17.9 Å². The first kappa shape index (κ1) is 14.1. The SMILES string of the molecule is CC1(C)C(O)CC1N1C(=O)CC2(CCCCCC2)C1=O. The number of likely N-dealkylation sites (tertiary alicyclic amines) is 1. The van der Waals surface area contributed by atoms with Gasteiger partial charge in [0.2, 0.25) is 11.8 Å². The van der Waals surface area contributed by atoms with Gasteiger partial charge in [-0.15, -0.1) is 0 Å². The Bertz CT molecular complexity index is 435. The summed E-state index contributed by atoms with van der Waals surface area (Å²) in [6.07, 6.45) is 6.74. The second kappa shape index (κ2) is 4.55. The lowest BCUT2D eigenvalue weighted by Crippen LogP contribution is -2.63. The number of hydrogen-bond donors (Lipinski definition) is 1. The number of aliphatic hydroxyl groups excluding tert-OH is 1. The summed E-state index contributed by atoms with van der Waals surface area (Å²) in [6, 6.07) is -0.111. The van der Waals surface area contributed by atoms with Gasteiger partial charge in [-0.2, -0.15) is 0 Å². The van der Waals surface area contributed by atoms with Crippen molar-refractivity contribution in [1.29, 1.82) is 0 Å². The van der Waals surface area contributed by atoms with Crippen molar-refractivity contribution in [3.63, 3.8) is 0 Å². The highest BCUT2D eigenvalue weighted by Gasteiger charge is 2.59. The van der Waals surface area contributed by atoms with Crippen LogP contribution in [0.2, 0.25) is 0 Å². The molecule has 1 heterocycles. The maximum Gasteiger partial charge on any atom is 0.236 e. The molecule has 2 amide bonds. The summed E-state index contributed by atoms with van der Waals surface area (Å²) in [5.74, 6) is 0.0382. The second-order valence-corrected chi connectivity index (χ2v) is 7.53. The Morgan fingerprint density at radius 2 is 1.70 bits per heavy atom. The fraction of sp³-hybridized carbons (Fsp3) is 0.875. The molecule has 4 heteroatoms. The third kappa shape index (κ3) is 1.84. The molecule has 0 bridgehead atoms. The van der Waals surface area contributed by atoms with Crippen LogP contribution in [0.1, 0.15) is 65.2 Å². The number of rotatable bonds is 1. The quantitative estimate of drug-likeness (QED) is 0.749. The molecule has 4 nitrogen and oxygen atoms in total. The third-order valence-corrected chi connectivity index (χ3v) is 5.97. The van der Waals surface area contributed by atoms with Crippen LogP contribution in [-0.2, 0) is 9.59 Å². The van der Waals surface area contributed by atoms with Gasteiger partial charge in [0.15, 0.2) is 0 Å².